The van der Waals surface area contributed by atoms with Crippen LogP contribution in [0.2, 0.25) is 0 Å². The van der Waals surface area contributed by atoms with Gasteiger partial charge in [-0.15, -0.1) is 10.2 Å². The summed E-state index contributed by atoms with van der Waals surface area (Å²) < 4.78 is 24.0. The van der Waals surface area contributed by atoms with Gasteiger partial charge >= 0.3 is 0 Å². The molecule has 176 valence electrons. The van der Waals surface area contributed by atoms with Crippen molar-refractivity contribution in [3.63, 3.8) is 0 Å². The lowest BCUT2D eigenvalue weighted by molar-refractivity contribution is 0.102. The number of amides is 1. The molecule has 0 bridgehead atoms. The van der Waals surface area contributed by atoms with E-state index in [9.17, 15) is 9.18 Å². The van der Waals surface area contributed by atoms with Crippen molar-refractivity contribution < 1.29 is 18.7 Å². The zero-order valence-electron chi connectivity index (χ0n) is 18.9. The summed E-state index contributed by atoms with van der Waals surface area (Å²) in [6, 6.07) is 24.1. The Kier molecular flexibility index (Phi) is 6.63. The smallest absolute Gasteiger partial charge is 0.255 e. The molecule has 2 heterocycles. The maximum atomic E-state index is 13.0. The van der Waals surface area contributed by atoms with Crippen LogP contribution in [-0.4, -0.2) is 42.4 Å². The molecular weight excluding hydrogens is 447 g/mol. The first-order valence-corrected chi connectivity index (χ1v) is 11.3. The number of carbonyl (C=O) groups is 1. The van der Waals surface area contributed by atoms with Crippen molar-refractivity contribution in [2.24, 2.45) is 0 Å². The highest BCUT2D eigenvalue weighted by Gasteiger charge is 2.12. The number of carbonyl (C=O) groups excluding carboxylic acids is 1. The predicted molar refractivity (Wildman–Crippen MR) is 131 cm³/mol. The number of hydrogen-bond donors (Lipinski definition) is 1. The molecule has 0 aliphatic carbocycles. The van der Waals surface area contributed by atoms with E-state index < -0.39 is 0 Å². The maximum Gasteiger partial charge on any atom is 0.255 e. The number of anilines is 2. The molecule has 1 amide bonds. The normalized spacial score (nSPS) is 13.3. The second-order valence-electron chi connectivity index (χ2n) is 7.99. The zero-order chi connectivity index (χ0) is 24.0. The number of nitrogens with zero attached hydrogens (tertiary/aromatic N) is 3. The Balaban J connectivity index is 1.24. The molecule has 1 aromatic heterocycles. The van der Waals surface area contributed by atoms with Crippen molar-refractivity contribution in [3.05, 3.63) is 96.3 Å². The number of rotatable bonds is 6. The highest BCUT2D eigenvalue weighted by molar-refractivity contribution is 6.05. The number of aromatic nitrogens is 2. The standard InChI is InChI=1S/C27H23FN4O3/c28-21-4-10-24(11-5-21)35-26-13-12-25(30-31-26)19-2-1-3-20(18-19)27(33)29-22-6-8-23(9-7-22)32-14-16-34-17-15-32/h1-13,18H,14-17H2,(H,29,33). The van der Waals surface area contributed by atoms with Crippen LogP contribution in [0.4, 0.5) is 15.8 Å². The molecule has 5 rings (SSSR count). The lowest BCUT2D eigenvalue weighted by atomic mass is 10.1. The van der Waals surface area contributed by atoms with Crippen molar-refractivity contribution in [2.75, 3.05) is 36.5 Å². The number of morpholine rings is 1. The van der Waals surface area contributed by atoms with Gasteiger partial charge in [-0.25, -0.2) is 4.39 Å². The van der Waals surface area contributed by atoms with Crippen LogP contribution in [-0.2, 0) is 4.74 Å². The molecule has 1 aliphatic heterocycles. The van der Waals surface area contributed by atoms with Crippen molar-refractivity contribution in [2.45, 2.75) is 0 Å². The van der Waals surface area contributed by atoms with E-state index in [1.54, 1.807) is 30.3 Å². The fourth-order valence-electron chi connectivity index (χ4n) is 3.75. The van der Waals surface area contributed by atoms with Crippen LogP contribution < -0.4 is 15.0 Å². The Morgan fingerprint density at radius 1 is 0.914 bits per heavy atom. The Hall–Kier alpha value is -4.30. The molecule has 8 heteroatoms. The van der Waals surface area contributed by atoms with E-state index in [0.717, 1.165) is 43.2 Å². The fourth-order valence-corrected chi connectivity index (χ4v) is 3.75. The number of ether oxygens (including phenoxy) is 2. The van der Waals surface area contributed by atoms with Crippen LogP contribution in [0, 0.1) is 5.82 Å². The minimum Gasteiger partial charge on any atom is -0.438 e. The summed E-state index contributed by atoms with van der Waals surface area (Å²) >= 11 is 0. The van der Waals surface area contributed by atoms with E-state index >= 15 is 0 Å². The second kappa shape index (κ2) is 10.3. The topological polar surface area (TPSA) is 76.6 Å². The first-order valence-electron chi connectivity index (χ1n) is 11.3. The molecule has 0 unspecified atom stereocenters. The Morgan fingerprint density at radius 3 is 2.40 bits per heavy atom. The molecule has 0 atom stereocenters. The van der Waals surface area contributed by atoms with Crippen LogP contribution in [0.1, 0.15) is 10.4 Å². The van der Waals surface area contributed by atoms with E-state index in [-0.39, 0.29) is 17.6 Å². The summed E-state index contributed by atoms with van der Waals surface area (Å²) in [7, 11) is 0. The lowest BCUT2D eigenvalue weighted by Gasteiger charge is -2.28. The van der Waals surface area contributed by atoms with E-state index in [2.05, 4.69) is 20.4 Å². The number of halogens is 1. The maximum absolute atomic E-state index is 13.0. The van der Waals surface area contributed by atoms with Crippen LogP contribution in [0.15, 0.2) is 84.9 Å². The molecule has 35 heavy (non-hydrogen) atoms. The molecule has 4 aromatic rings. The third kappa shape index (κ3) is 5.62. The van der Waals surface area contributed by atoms with Gasteiger partial charge in [-0.3, -0.25) is 4.79 Å². The average Bonchev–Trinajstić information content (AvgIpc) is 2.91. The van der Waals surface area contributed by atoms with Gasteiger partial charge in [0.1, 0.15) is 11.6 Å². The van der Waals surface area contributed by atoms with Crippen molar-refractivity contribution in [3.8, 4) is 22.9 Å². The number of nitrogens with one attached hydrogen (secondary N) is 1. The quantitative estimate of drug-likeness (QED) is 0.419. The number of hydrogen-bond acceptors (Lipinski definition) is 6. The minimum atomic E-state index is -0.340. The van der Waals surface area contributed by atoms with Gasteiger partial charge in [-0.1, -0.05) is 12.1 Å². The lowest BCUT2D eigenvalue weighted by Crippen LogP contribution is -2.36. The Labute approximate surface area is 202 Å². The van der Waals surface area contributed by atoms with Gasteiger partial charge in [-0.05, 0) is 66.7 Å². The highest BCUT2D eigenvalue weighted by Crippen LogP contribution is 2.24. The van der Waals surface area contributed by atoms with Crippen LogP contribution >= 0.6 is 0 Å². The summed E-state index contributed by atoms with van der Waals surface area (Å²) in [5.41, 5.74) is 3.69. The predicted octanol–water partition coefficient (Wildman–Crippen LogP) is 5.16. The molecular formula is C27H23FN4O3. The third-order valence-electron chi connectivity index (χ3n) is 5.60. The molecule has 3 aromatic carbocycles. The molecule has 0 saturated carbocycles. The van der Waals surface area contributed by atoms with Gasteiger partial charge < -0.3 is 19.7 Å². The van der Waals surface area contributed by atoms with Crippen molar-refractivity contribution >= 4 is 17.3 Å². The average molecular weight is 471 g/mol. The summed E-state index contributed by atoms with van der Waals surface area (Å²) in [6.07, 6.45) is 0. The van der Waals surface area contributed by atoms with Gasteiger partial charge in [0.2, 0.25) is 5.88 Å². The van der Waals surface area contributed by atoms with E-state index in [1.807, 2.05) is 30.3 Å². The zero-order valence-corrected chi connectivity index (χ0v) is 18.9. The third-order valence-corrected chi connectivity index (χ3v) is 5.60. The molecule has 1 aliphatic rings. The summed E-state index contributed by atoms with van der Waals surface area (Å²) in [5.74, 6) is 0.197. The Morgan fingerprint density at radius 2 is 1.69 bits per heavy atom. The van der Waals surface area contributed by atoms with Crippen LogP contribution in [0.3, 0.4) is 0 Å². The molecule has 0 spiro atoms. The minimum absolute atomic E-state index is 0.213. The molecule has 1 N–H and O–H groups in total. The van der Waals surface area contributed by atoms with Gasteiger partial charge in [0.05, 0.1) is 18.9 Å². The molecule has 7 nitrogen and oxygen atoms in total. The molecule has 1 saturated heterocycles. The molecule has 0 radical (unpaired) electrons. The van der Waals surface area contributed by atoms with Crippen molar-refractivity contribution in [1.82, 2.24) is 10.2 Å². The van der Waals surface area contributed by atoms with Crippen LogP contribution in [0.5, 0.6) is 11.6 Å². The second-order valence-corrected chi connectivity index (χ2v) is 7.99. The Bertz CT molecular complexity index is 1290. The van der Waals surface area contributed by atoms with Crippen LogP contribution in [0.25, 0.3) is 11.3 Å². The fraction of sp³-hybridized carbons (Fsp3) is 0.148. The first-order chi connectivity index (χ1) is 17.1. The van der Waals surface area contributed by atoms with Gasteiger partial charge in [0.15, 0.2) is 0 Å². The van der Waals surface area contributed by atoms with Gasteiger partial charge in [0.25, 0.3) is 5.91 Å². The monoisotopic (exact) mass is 470 g/mol. The van der Waals surface area contributed by atoms with Gasteiger partial charge in [0, 0.05) is 41.7 Å². The summed E-state index contributed by atoms with van der Waals surface area (Å²) in [6.45, 7) is 3.17. The SMILES string of the molecule is O=C(Nc1ccc(N2CCOCC2)cc1)c1cccc(-c2ccc(Oc3ccc(F)cc3)nn2)c1. The summed E-state index contributed by atoms with van der Waals surface area (Å²) in [5, 5.41) is 11.2. The van der Waals surface area contributed by atoms with E-state index in [1.165, 1.54) is 24.3 Å². The largest absolute Gasteiger partial charge is 0.438 e. The van der Waals surface area contributed by atoms with E-state index in [4.69, 9.17) is 9.47 Å². The first kappa shape index (κ1) is 22.5. The van der Waals surface area contributed by atoms with Gasteiger partial charge in [-0.2, -0.15) is 0 Å². The summed E-state index contributed by atoms with van der Waals surface area (Å²) in [4.78, 5) is 15.1. The van der Waals surface area contributed by atoms with E-state index in [0.29, 0.717) is 17.0 Å². The molecule has 1 fully saturated rings. The highest BCUT2D eigenvalue weighted by atomic mass is 19.1. The number of benzene rings is 3. The van der Waals surface area contributed by atoms with Crippen molar-refractivity contribution in [1.29, 1.82) is 0 Å².